The van der Waals surface area contributed by atoms with Gasteiger partial charge < -0.3 is 10.2 Å². The lowest BCUT2D eigenvalue weighted by atomic mass is 10.0. The number of carbonyl (C=O) groups is 2. The molecule has 4 aromatic rings. The first-order chi connectivity index (χ1) is 21.2. The number of sulfonamides is 1. The van der Waals surface area contributed by atoms with Crippen molar-refractivity contribution in [3.63, 3.8) is 0 Å². The van der Waals surface area contributed by atoms with Crippen LogP contribution in [-0.4, -0.2) is 44.3 Å². The van der Waals surface area contributed by atoms with Crippen LogP contribution in [-0.2, 0) is 32.6 Å². The molecule has 0 bridgehead atoms. The van der Waals surface area contributed by atoms with Crippen molar-refractivity contribution in [2.45, 2.75) is 50.6 Å². The summed E-state index contributed by atoms with van der Waals surface area (Å²) in [4.78, 5) is 29.7. The lowest BCUT2D eigenvalue weighted by Crippen LogP contribution is -2.53. The Morgan fingerprint density at radius 2 is 1.48 bits per heavy atom. The molecule has 0 aliphatic carbocycles. The Morgan fingerprint density at radius 1 is 0.841 bits per heavy atom. The van der Waals surface area contributed by atoms with Crippen molar-refractivity contribution in [1.29, 1.82) is 0 Å². The highest BCUT2D eigenvalue weighted by Gasteiger charge is 2.34. The van der Waals surface area contributed by atoms with Gasteiger partial charge in [0.1, 0.15) is 12.6 Å². The molecule has 0 aromatic heterocycles. The van der Waals surface area contributed by atoms with Crippen molar-refractivity contribution in [3.05, 3.63) is 131 Å². The molecule has 0 saturated heterocycles. The number of nitrogens with one attached hydrogen (secondary N) is 1. The Labute approximate surface area is 265 Å². The van der Waals surface area contributed by atoms with Crippen LogP contribution in [0, 0.1) is 6.92 Å². The smallest absolute Gasteiger partial charge is 0.264 e. The minimum absolute atomic E-state index is 0.0450. The van der Waals surface area contributed by atoms with Crippen LogP contribution in [0.5, 0.6) is 0 Å². The first-order valence-corrected chi connectivity index (χ1v) is 16.5. The second kappa shape index (κ2) is 15.5. The number of hydrogen-bond acceptors (Lipinski definition) is 4. The number of unbranched alkanes of at least 4 members (excludes halogenated alkanes) is 1. The molecule has 9 heteroatoms. The van der Waals surface area contributed by atoms with Gasteiger partial charge in [0.2, 0.25) is 11.8 Å². The molecule has 2 amide bonds. The molecule has 230 valence electrons. The minimum atomic E-state index is -4.18. The molecule has 4 rings (SSSR count). The van der Waals surface area contributed by atoms with Crippen LogP contribution < -0.4 is 9.62 Å². The number of nitrogens with zero attached hydrogens (tertiary/aromatic N) is 2. The quantitative estimate of drug-likeness (QED) is 0.163. The van der Waals surface area contributed by atoms with Crippen LogP contribution in [0.2, 0.25) is 5.02 Å². The highest BCUT2D eigenvalue weighted by molar-refractivity contribution is 7.92. The summed E-state index contributed by atoms with van der Waals surface area (Å²) in [6.45, 7) is 3.97. The normalized spacial score (nSPS) is 11.9. The second-order valence-corrected chi connectivity index (χ2v) is 13.0. The van der Waals surface area contributed by atoms with Crippen molar-refractivity contribution >= 4 is 39.1 Å². The third-order valence-electron chi connectivity index (χ3n) is 7.28. The number of aryl methyl sites for hydroxylation is 1. The monoisotopic (exact) mass is 631 g/mol. The zero-order chi connectivity index (χ0) is 31.5. The van der Waals surface area contributed by atoms with Crippen molar-refractivity contribution in [1.82, 2.24) is 10.2 Å². The van der Waals surface area contributed by atoms with E-state index in [1.54, 1.807) is 30.3 Å². The van der Waals surface area contributed by atoms with E-state index in [1.165, 1.54) is 23.1 Å². The number of rotatable bonds is 14. The highest BCUT2D eigenvalue weighted by Crippen LogP contribution is 2.27. The van der Waals surface area contributed by atoms with Gasteiger partial charge in [-0.15, -0.1) is 0 Å². The Kier molecular flexibility index (Phi) is 11.6. The van der Waals surface area contributed by atoms with E-state index in [4.69, 9.17) is 11.6 Å². The van der Waals surface area contributed by atoms with E-state index >= 15 is 0 Å². The Bertz CT molecular complexity index is 1630. The highest BCUT2D eigenvalue weighted by atomic mass is 35.5. The summed E-state index contributed by atoms with van der Waals surface area (Å²) in [5.74, 6) is -0.807. The van der Waals surface area contributed by atoms with Gasteiger partial charge in [0, 0.05) is 24.5 Å². The number of carbonyl (C=O) groups excluding carboxylic acids is 2. The average Bonchev–Trinajstić information content (AvgIpc) is 3.02. The molecular formula is C35H38ClN3O4S. The maximum absolute atomic E-state index is 14.4. The van der Waals surface area contributed by atoms with E-state index in [2.05, 4.69) is 5.32 Å². The van der Waals surface area contributed by atoms with Crippen molar-refractivity contribution in [3.8, 4) is 0 Å². The fraction of sp³-hybridized carbons (Fsp3) is 0.257. The number of amides is 2. The summed E-state index contributed by atoms with van der Waals surface area (Å²) in [5.41, 5.74) is 2.85. The molecule has 0 aliphatic heterocycles. The Hall–Kier alpha value is -4.14. The maximum atomic E-state index is 14.4. The van der Waals surface area contributed by atoms with E-state index in [-0.39, 0.29) is 29.5 Å². The van der Waals surface area contributed by atoms with Crippen molar-refractivity contribution in [2.75, 3.05) is 17.4 Å². The summed E-state index contributed by atoms with van der Waals surface area (Å²) in [5, 5.41) is 3.33. The number of hydrogen-bond donors (Lipinski definition) is 1. The van der Waals surface area contributed by atoms with E-state index in [1.807, 2.05) is 74.5 Å². The molecule has 1 atom stereocenters. The predicted molar refractivity (Wildman–Crippen MR) is 176 cm³/mol. The average molecular weight is 632 g/mol. The van der Waals surface area contributed by atoms with Gasteiger partial charge in [-0.3, -0.25) is 13.9 Å². The van der Waals surface area contributed by atoms with Gasteiger partial charge >= 0.3 is 0 Å². The first-order valence-electron chi connectivity index (χ1n) is 14.7. The van der Waals surface area contributed by atoms with Gasteiger partial charge in [-0.25, -0.2) is 8.42 Å². The van der Waals surface area contributed by atoms with Gasteiger partial charge in [-0.2, -0.15) is 0 Å². The van der Waals surface area contributed by atoms with E-state index in [0.29, 0.717) is 11.6 Å². The van der Waals surface area contributed by atoms with E-state index < -0.39 is 28.5 Å². The molecule has 1 N–H and O–H groups in total. The van der Waals surface area contributed by atoms with Crippen LogP contribution in [0.15, 0.2) is 114 Å². The number of benzene rings is 4. The molecule has 0 spiro atoms. The fourth-order valence-electron chi connectivity index (χ4n) is 4.84. The molecule has 7 nitrogen and oxygen atoms in total. The van der Waals surface area contributed by atoms with Gasteiger partial charge in [0.05, 0.1) is 10.6 Å². The second-order valence-electron chi connectivity index (χ2n) is 10.7. The summed E-state index contributed by atoms with van der Waals surface area (Å²) < 4.78 is 29.2. The Balaban J connectivity index is 1.77. The lowest BCUT2D eigenvalue weighted by Gasteiger charge is -2.34. The number of halogens is 1. The molecule has 4 aromatic carbocycles. The Morgan fingerprint density at radius 3 is 2.09 bits per heavy atom. The summed E-state index contributed by atoms with van der Waals surface area (Å²) in [7, 11) is -4.18. The predicted octanol–water partition coefficient (Wildman–Crippen LogP) is 6.40. The van der Waals surface area contributed by atoms with Crippen LogP contribution in [0.3, 0.4) is 0 Å². The van der Waals surface area contributed by atoms with Gasteiger partial charge in [-0.1, -0.05) is 109 Å². The molecule has 0 fully saturated rings. The summed E-state index contributed by atoms with van der Waals surface area (Å²) in [6, 6.07) is 30.9. The third kappa shape index (κ3) is 8.71. The molecule has 0 saturated carbocycles. The van der Waals surface area contributed by atoms with Crippen LogP contribution >= 0.6 is 11.6 Å². The molecule has 44 heavy (non-hydrogen) atoms. The zero-order valence-electron chi connectivity index (χ0n) is 25.0. The molecule has 1 unspecified atom stereocenters. The molecule has 0 radical (unpaired) electrons. The number of anilines is 1. The van der Waals surface area contributed by atoms with Crippen molar-refractivity contribution < 1.29 is 18.0 Å². The largest absolute Gasteiger partial charge is 0.354 e. The van der Waals surface area contributed by atoms with Gasteiger partial charge in [0.25, 0.3) is 10.0 Å². The first kappa shape index (κ1) is 32.8. The van der Waals surface area contributed by atoms with Crippen LogP contribution in [0.4, 0.5) is 5.69 Å². The maximum Gasteiger partial charge on any atom is 0.264 e. The fourth-order valence-corrected chi connectivity index (χ4v) is 6.43. The minimum Gasteiger partial charge on any atom is -0.354 e. The molecule has 0 heterocycles. The third-order valence-corrected chi connectivity index (χ3v) is 9.30. The van der Waals surface area contributed by atoms with Crippen molar-refractivity contribution in [2.24, 2.45) is 0 Å². The SMILES string of the molecule is CCCCNC(=O)C(Cc1ccccc1)N(Cc1ccccc1)C(=O)CN(c1cccc(Cl)c1)S(=O)(=O)c1ccc(C)cc1. The van der Waals surface area contributed by atoms with Gasteiger partial charge in [0.15, 0.2) is 0 Å². The summed E-state index contributed by atoms with van der Waals surface area (Å²) >= 11 is 6.29. The topological polar surface area (TPSA) is 86.8 Å². The lowest BCUT2D eigenvalue weighted by molar-refractivity contribution is -0.140. The standard InChI is InChI=1S/C35H38ClN3O4S/c1-3-4-22-37-35(41)33(23-28-12-7-5-8-13-28)38(25-29-14-9-6-10-15-29)34(40)26-39(31-17-11-16-30(36)24-31)44(42,43)32-20-18-27(2)19-21-32/h5-21,24,33H,3-4,22-23,25-26H2,1-2H3,(H,37,41). The van der Waals surface area contributed by atoms with E-state index in [0.717, 1.165) is 33.8 Å². The van der Waals surface area contributed by atoms with E-state index in [9.17, 15) is 18.0 Å². The zero-order valence-corrected chi connectivity index (χ0v) is 26.6. The van der Waals surface area contributed by atoms with Gasteiger partial charge in [-0.05, 0) is 54.8 Å². The van der Waals surface area contributed by atoms with Crippen LogP contribution in [0.25, 0.3) is 0 Å². The molecular weight excluding hydrogens is 594 g/mol. The molecule has 0 aliphatic rings. The van der Waals surface area contributed by atoms with Crippen LogP contribution in [0.1, 0.15) is 36.5 Å². The summed E-state index contributed by atoms with van der Waals surface area (Å²) in [6.07, 6.45) is 1.97.